The van der Waals surface area contributed by atoms with Gasteiger partial charge < -0.3 is 5.73 Å². The molecule has 0 aliphatic rings. The highest BCUT2D eigenvalue weighted by Crippen LogP contribution is 2.19. The molecule has 0 fully saturated rings. The molecule has 1 aromatic carbocycles. The van der Waals surface area contributed by atoms with E-state index >= 15 is 0 Å². The van der Waals surface area contributed by atoms with E-state index in [1.54, 1.807) is 26.0 Å². The minimum atomic E-state index is -3.74. The van der Waals surface area contributed by atoms with Crippen LogP contribution in [0.3, 0.4) is 0 Å². The molecule has 0 saturated carbocycles. The highest BCUT2D eigenvalue weighted by Gasteiger charge is 2.19. The number of aromatic nitrogens is 1. The maximum atomic E-state index is 13.5. The number of pyridine rings is 1. The summed E-state index contributed by atoms with van der Waals surface area (Å²) in [7, 11) is -3.74. The van der Waals surface area contributed by atoms with E-state index in [1.807, 2.05) is 0 Å². The highest BCUT2D eigenvalue weighted by molar-refractivity contribution is 7.89. The van der Waals surface area contributed by atoms with Gasteiger partial charge in [0.25, 0.3) is 0 Å². The number of nitrogen functional groups attached to an aromatic ring is 1. The first-order valence-corrected chi connectivity index (χ1v) is 7.78. The largest absolute Gasteiger partial charge is 0.384 e. The molecule has 0 aliphatic heterocycles. The molecule has 0 spiro atoms. The van der Waals surface area contributed by atoms with Gasteiger partial charge in [-0.25, -0.2) is 22.5 Å². The van der Waals surface area contributed by atoms with Gasteiger partial charge in [0.05, 0.1) is 0 Å². The number of nitrogens with zero attached hydrogens (tertiary/aromatic N) is 1. The second-order valence-corrected chi connectivity index (χ2v) is 6.48. The van der Waals surface area contributed by atoms with Gasteiger partial charge >= 0.3 is 0 Å². The number of nitrogens with one attached hydrogen (secondary N) is 1. The molecule has 5 nitrogen and oxygen atoms in total. The zero-order valence-corrected chi connectivity index (χ0v) is 12.5. The van der Waals surface area contributed by atoms with E-state index in [-0.39, 0.29) is 16.5 Å². The third-order valence-corrected chi connectivity index (χ3v) is 4.62. The number of benzene rings is 1. The molecular weight excluding hydrogens is 293 g/mol. The summed E-state index contributed by atoms with van der Waals surface area (Å²) in [6, 6.07) is 6.83. The normalized spacial score (nSPS) is 13.1. The van der Waals surface area contributed by atoms with Crippen molar-refractivity contribution < 1.29 is 12.8 Å². The quantitative estimate of drug-likeness (QED) is 0.906. The van der Waals surface area contributed by atoms with Gasteiger partial charge in [0.2, 0.25) is 10.0 Å². The van der Waals surface area contributed by atoms with Crippen LogP contribution in [-0.2, 0) is 10.0 Å². The smallest absolute Gasteiger partial charge is 0.242 e. The van der Waals surface area contributed by atoms with E-state index in [1.165, 1.54) is 24.4 Å². The van der Waals surface area contributed by atoms with Crippen LogP contribution in [0.5, 0.6) is 0 Å². The highest BCUT2D eigenvalue weighted by atomic mass is 32.2. The van der Waals surface area contributed by atoms with Crippen molar-refractivity contribution >= 4 is 15.8 Å². The minimum absolute atomic E-state index is 0.0103. The van der Waals surface area contributed by atoms with Crippen LogP contribution in [0.2, 0.25) is 0 Å². The molecule has 3 N–H and O–H groups in total. The zero-order chi connectivity index (χ0) is 15.6. The topological polar surface area (TPSA) is 85.1 Å². The van der Waals surface area contributed by atoms with Gasteiger partial charge in [-0.15, -0.1) is 0 Å². The molecule has 0 bridgehead atoms. The van der Waals surface area contributed by atoms with Crippen molar-refractivity contribution in [1.29, 1.82) is 0 Å². The molecular formula is C14H16FN3O2S. The van der Waals surface area contributed by atoms with E-state index in [0.29, 0.717) is 11.1 Å². The van der Waals surface area contributed by atoms with Gasteiger partial charge in [0, 0.05) is 12.2 Å². The number of hydrogen-bond acceptors (Lipinski definition) is 4. The van der Waals surface area contributed by atoms with Crippen molar-refractivity contribution in [3.8, 4) is 0 Å². The molecule has 21 heavy (non-hydrogen) atoms. The molecule has 0 aliphatic carbocycles. The van der Waals surface area contributed by atoms with Crippen molar-refractivity contribution in [1.82, 2.24) is 9.71 Å². The van der Waals surface area contributed by atoms with Crippen LogP contribution in [-0.4, -0.2) is 13.4 Å². The maximum Gasteiger partial charge on any atom is 0.242 e. The number of anilines is 1. The van der Waals surface area contributed by atoms with Crippen LogP contribution in [0.15, 0.2) is 41.4 Å². The van der Waals surface area contributed by atoms with Gasteiger partial charge in [-0.1, -0.05) is 12.1 Å². The van der Waals surface area contributed by atoms with Crippen LogP contribution in [0.1, 0.15) is 24.1 Å². The Kier molecular flexibility index (Phi) is 4.24. The van der Waals surface area contributed by atoms with Crippen molar-refractivity contribution in [3.63, 3.8) is 0 Å². The van der Waals surface area contributed by atoms with Gasteiger partial charge in [0.15, 0.2) is 0 Å². The molecule has 1 aromatic heterocycles. The fraction of sp³-hybridized carbons (Fsp3) is 0.214. The van der Waals surface area contributed by atoms with Gasteiger partial charge in [-0.05, 0) is 43.2 Å². The third kappa shape index (κ3) is 3.56. The Morgan fingerprint density at radius 1 is 1.29 bits per heavy atom. The summed E-state index contributed by atoms with van der Waals surface area (Å²) in [6.07, 6.45) is 1.18. The molecule has 0 radical (unpaired) electrons. The molecule has 0 amide bonds. The van der Waals surface area contributed by atoms with E-state index in [2.05, 4.69) is 9.71 Å². The lowest BCUT2D eigenvalue weighted by Crippen LogP contribution is -2.27. The molecule has 1 atom stereocenters. The molecule has 2 rings (SSSR count). The summed E-state index contributed by atoms with van der Waals surface area (Å²) in [4.78, 5) is 3.76. The maximum absolute atomic E-state index is 13.5. The lowest BCUT2D eigenvalue weighted by Gasteiger charge is -2.15. The van der Waals surface area contributed by atoms with Crippen molar-refractivity contribution in [2.75, 3.05) is 5.73 Å². The Hall–Kier alpha value is -1.99. The van der Waals surface area contributed by atoms with Crippen LogP contribution in [0.4, 0.5) is 10.2 Å². The van der Waals surface area contributed by atoms with Gasteiger partial charge in [-0.3, -0.25) is 0 Å². The lowest BCUT2D eigenvalue weighted by molar-refractivity contribution is 0.563. The summed E-state index contributed by atoms with van der Waals surface area (Å²) in [5.41, 5.74) is 6.48. The number of halogens is 1. The van der Waals surface area contributed by atoms with Gasteiger partial charge in [0.1, 0.15) is 16.5 Å². The number of nitrogens with two attached hydrogens (primary N) is 1. The number of rotatable bonds is 4. The van der Waals surface area contributed by atoms with Crippen molar-refractivity contribution in [3.05, 3.63) is 53.5 Å². The number of sulfonamides is 1. The second kappa shape index (κ2) is 5.79. The summed E-state index contributed by atoms with van der Waals surface area (Å²) in [5, 5.41) is 0. The van der Waals surface area contributed by atoms with E-state index in [0.717, 1.165) is 0 Å². The van der Waals surface area contributed by atoms with Crippen LogP contribution >= 0.6 is 0 Å². The minimum Gasteiger partial charge on any atom is -0.384 e. The molecule has 0 saturated heterocycles. The Bertz CT molecular complexity index is 745. The summed E-state index contributed by atoms with van der Waals surface area (Å²) < 4.78 is 40.4. The van der Waals surface area contributed by atoms with Gasteiger partial charge in [-0.2, -0.15) is 0 Å². The van der Waals surface area contributed by atoms with Crippen LogP contribution < -0.4 is 10.5 Å². The van der Waals surface area contributed by atoms with Crippen molar-refractivity contribution in [2.45, 2.75) is 24.8 Å². The molecule has 112 valence electrons. The van der Waals surface area contributed by atoms with Crippen LogP contribution in [0.25, 0.3) is 0 Å². The van der Waals surface area contributed by atoms with Crippen LogP contribution in [0, 0.1) is 12.7 Å². The Morgan fingerprint density at radius 3 is 2.57 bits per heavy atom. The summed E-state index contributed by atoms with van der Waals surface area (Å²) in [6.45, 7) is 3.29. The average Bonchev–Trinajstić information content (AvgIpc) is 2.41. The SMILES string of the molecule is Cc1ccc(C(C)NS(=O)(=O)c2ccc(N)nc2)cc1F. The fourth-order valence-corrected chi connectivity index (χ4v) is 2.97. The third-order valence-electron chi connectivity index (χ3n) is 3.10. The molecule has 1 unspecified atom stereocenters. The Balaban J connectivity index is 2.23. The lowest BCUT2D eigenvalue weighted by atomic mass is 10.1. The average molecular weight is 309 g/mol. The number of aryl methyl sites for hydroxylation is 1. The molecule has 1 heterocycles. The fourth-order valence-electron chi connectivity index (χ4n) is 1.80. The predicted octanol–water partition coefficient (Wildman–Crippen LogP) is 2.15. The van der Waals surface area contributed by atoms with Crippen molar-refractivity contribution in [2.24, 2.45) is 0 Å². The molecule has 2 aromatic rings. The van der Waals surface area contributed by atoms with E-state index in [9.17, 15) is 12.8 Å². The van der Waals surface area contributed by atoms with E-state index < -0.39 is 16.1 Å². The monoisotopic (exact) mass is 309 g/mol. The standard InChI is InChI=1S/C14H16FN3O2S/c1-9-3-4-11(7-13(9)15)10(2)18-21(19,20)12-5-6-14(16)17-8-12/h3-8,10,18H,1-2H3,(H2,16,17). The first-order chi connectivity index (χ1) is 9.79. The first kappa shape index (κ1) is 15.4. The summed E-state index contributed by atoms with van der Waals surface area (Å²) >= 11 is 0. The Labute approximate surface area is 123 Å². The Morgan fingerprint density at radius 2 is 2.00 bits per heavy atom. The zero-order valence-electron chi connectivity index (χ0n) is 11.7. The summed E-state index contributed by atoms with van der Waals surface area (Å²) in [5.74, 6) is -0.129. The first-order valence-electron chi connectivity index (χ1n) is 6.29. The number of hydrogen-bond donors (Lipinski definition) is 2. The second-order valence-electron chi connectivity index (χ2n) is 4.77. The predicted molar refractivity (Wildman–Crippen MR) is 78.5 cm³/mol. The van der Waals surface area contributed by atoms with E-state index in [4.69, 9.17) is 5.73 Å². The molecule has 7 heteroatoms.